The van der Waals surface area contributed by atoms with Crippen molar-refractivity contribution in [2.45, 2.75) is 37.8 Å². The average Bonchev–Trinajstić information content (AvgIpc) is 2.36. The third-order valence-electron chi connectivity index (χ3n) is 3.18. The van der Waals surface area contributed by atoms with Gasteiger partial charge in [0.25, 0.3) is 0 Å². The monoisotopic (exact) mass is 260 g/mol. The molecular weight excluding hydrogens is 240 g/mol. The van der Waals surface area contributed by atoms with Crippen molar-refractivity contribution in [2.24, 2.45) is 5.92 Å². The summed E-state index contributed by atoms with van der Waals surface area (Å²) in [6.45, 7) is -0.128. The van der Waals surface area contributed by atoms with E-state index < -0.39 is 18.1 Å². The first kappa shape index (κ1) is 14.7. The first-order valence-electron chi connectivity index (χ1n) is 6.09. The van der Waals surface area contributed by atoms with Gasteiger partial charge in [0.15, 0.2) is 6.10 Å². The van der Waals surface area contributed by atoms with Gasteiger partial charge >= 0.3 is 12.0 Å². The van der Waals surface area contributed by atoms with E-state index in [0.717, 1.165) is 25.7 Å². The first-order chi connectivity index (χ1) is 8.52. The van der Waals surface area contributed by atoms with Gasteiger partial charge in [0.1, 0.15) is 0 Å². The summed E-state index contributed by atoms with van der Waals surface area (Å²) in [6, 6.07) is -0.419. The zero-order valence-corrected chi connectivity index (χ0v) is 10.1. The molecule has 1 rings (SSSR count). The summed E-state index contributed by atoms with van der Waals surface area (Å²) in [6.07, 6.45) is 1.78. The highest BCUT2D eigenvalue weighted by atomic mass is 16.4. The number of amides is 2. The predicted octanol–water partition coefficient (Wildman–Crippen LogP) is -0.718. The van der Waals surface area contributed by atoms with E-state index >= 15 is 0 Å². The molecule has 0 radical (unpaired) electrons. The SMILES string of the molecule is O=C(NC[C@H](O)C(=O)O)NC1CCC(CO)CC1. The molecule has 1 saturated carbocycles. The van der Waals surface area contributed by atoms with Crippen LogP contribution in [0.4, 0.5) is 4.79 Å². The lowest BCUT2D eigenvalue weighted by atomic mass is 9.87. The van der Waals surface area contributed by atoms with E-state index in [9.17, 15) is 9.59 Å². The standard InChI is InChI=1S/C11H20N2O5/c14-6-7-1-3-8(4-2-7)13-11(18)12-5-9(15)10(16)17/h7-9,14-15H,1-6H2,(H,16,17)(H2,12,13,18)/t7?,8?,9-/m0/s1. The zero-order chi connectivity index (χ0) is 13.5. The normalized spacial score (nSPS) is 25.2. The van der Waals surface area contributed by atoms with Gasteiger partial charge in [-0.05, 0) is 31.6 Å². The maximum Gasteiger partial charge on any atom is 0.334 e. The Morgan fingerprint density at radius 3 is 2.33 bits per heavy atom. The smallest absolute Gasteiger partial charge is 0.334 e. The van der Waals surface area contributed by atoms with Crippen LogP contribution >= 0.6 is 0 Å². The Morgan fingerprint density at radius 2 is 1.83 bits per heavy atom. The Balaban J connectivity index is 2.19. The van der Waals surface area contributed by atoms with Crippen LogP contribution in [0.2, 0.25) is 0 Å². The average molecular weight is 260 g/mol. The number of carbonyl (C=O) groups excluding carboxylic acids is 1. The van der Waals surface area contributed by atoms with Crippen LogP contribution in [0.25, 0.3) is 0 Å². The van der Waals surface area contributed by atoms with Gasteiger partial charge in [-0.3, -0.25) is 0 Å². The minimum atomic E-state index is -1.58. The van der Waals surface area contributed by atoms with Crippen molar-refractivity contribution in [1.82, 2.24) is 10.6 Å². The Hall–Kier alpha value is -1.34. The molecule has 0 bridgehead atoms. The summed E-state index contributed by atoms with van der Waals surface area (Å²) in [5, 5.41) is 31.4. The molecule has 0 aromatic carbocycles. The van der Waals surface area contributed by atoms with Crippen LogP contribution in [0.15, 0.2) is 0 Å². The second-order valence-electron chi connectivity index (χ2n) is 4.61. The molecule has 104 valence electrons. The van der Waals surface area contributed by atoms with Crippen molar-refractivity contribution < 1.29 is 24.9 Å². The maximum absolute atomic E-state index is 11.4. The molecule has 1 aliphatic carbocycles. The van der Waals surface area contributed by atoms with Gasteiger partial charge in [-0.15, -0.1) is 0 Å². The lowest BCUT2D eigenvalue weighted by Gasteiger charge is -2.28. The molecule has 0 spiro atoms. The number of aliphatic carboxylic acids is 1. The van der Waals surface area contributed by atoms with Crippen LogP contribution in [-0.2, 0) is 4.79 Å². The Labute approximate surface area is 105 Å². The van der Waals surface area contributed by atoms with Crippen molar-refractivity contribution in [2.75, 3.05) is 13.2 Å². The van der Waals surface area contributed by atoms with Gasteiger partial charge in [0, 0.05) is 12.6 Å². The largest absolute Gasteiger partial charge is 0.479 e. The second kappa shape index (κ2) is 7.17. The Morgan fingerprint density at radius 1 is 1.22 bits per heavy atom. The van der Waals surface area contributed by atoms with Gasteiger partial charge in [0.05, 0.1) is 6.54 Å². The number of aliphatic hydroxyl groups is 2. The van der Waals surface area contributed by atoms with Crippen molar-refractivity contribution in [3.8, 4) is 0 Å². The highest BCUT2D eigenvalue weighted by Crippen LogP contribution is 2.23. The van der Waals surface area contributed by atoms with E-state index in [0.29, 0.717) is 5.92 Å². The van der Waals surface area contributed by atoms with Crippen LogP contribution in [0.3, 0.4) is 0 Å². The third kappa shape index (κ3) is 4.89. The number of carbonyl (C=O) groups is 2. The molecule has 5 N–H and O–H groups in total. The molecule has 7 nitrogen and oxygen atoms in total. The van der Waals surface area contributed by atoms with E-state index in [1.807, 2.05) is 0 Å². The van der Waals surface area contributed by atoms with E-state index in [1.165, 1.54) is 0 Å². The molecule has 0 aromatic rings. The van der Waals surface area contributed by atoms with E-state index in [-0.39, 0.29) is 19.2 Å². The fourth-order valence-corrected chi connectivity index (χ4v) is 2.00. The molecular formula is C11H20N2O5. The molecule has 0 unspecified atom stereocenters. The number of nitrogens with one attached hydrogen (secondary N) is 2. The van der Waals surface area contributed by atoms with Crippen LogP contribution in [-0.4, -0.2) is 52.6 Å². The second-order valence-corrected chi connectivity index (χ2v) is 4.61. The highest BCUT2D eigenvalue weighted by molar-refractivity contribution is 5.76. The summed E-state index contributed by atoms with van der Waals surface area (Å²) < 4.78 is 0. The van der Waals surface area contributed by atoms with Crippen LogP contribution in [0.5, 0.6) is 0 Å². The molecule has 1 atom stereocenters. The molecule has 1 aliphatic rings. The van der Waals surface area contributed by atoms with Crippen molar-refractivity contribution in [3.05, 3.63) is 0 Å². The van der Waals surface area contributed by atoms with Gasteiger partial charge in [-0.1, -0.05) is 0 Å². The van der Waals surface area contributed by atoms with Gasteiger partial charge in [0.2, 0.25) is 0 Å². The van der Waals surface area contributed by atoms with Crippen molar-refractivity contribution in [3.63, 3.8) is 0 Å². The molecule has 7 heteroatoms. The number of aliphatic hydroxyl groups excluding tert-OH is 2. The van der Waals surface area contributed by atoms with Gasteiger partial charge in [-0.2, -0.15) is 0 Å². The zero-order valence-electron chi connectivity index (χ0n) is 10.1. The minimum Gasteiger partial charge on any atom is -0.479 e. The van der Waals surface area contributed by atoms with E-state index in [1.54, 1.807) is 0 Å². The molecule has 18 heavy (non-hydrogen) atoms. The summed E-state index contributed by atoms with van der Waals surface area (Å²) >= 11 is 0. The number of carboxylic acid groups (broad SMARTS) is 1. The molecule has 0 saturated heterocycles. The third-order valence-corrected chi connectivity index (χ3v) is 3.18. The van der Waals surface area contributed by atoms with Crippen molar-refractivity contribution >= 4 is 12.0 Å². The fraction of sp³-hybridized carbons (Fsp3) is 0.818. The Kier molecular flexibility index (Phi) is 5.87. The molecule has 2 amide bonds. The number of rotatable bonds is 5. The van der Waals surface area contributed by atoms with Crippen LogP contribution < -0.4 is 10.6 Å². The van der Waals surface area contributed by atoms with Crippen LogP contribution in [0, 0.1) is 5.92 Å². The number of carboxylic acids is 1. The highest BCUT2D eigenvalue weighted by Gasteiger charge is 2.22. The van der Waals surface area contributed by atoms with E-state index in [4.69, 9.17) is 15.3 Å². The predicted molar refractivity (Wildman–Crippen MR) is 63.0 cm³/mol. The lowest BCUT2D eigenvalue weighted by Crippen LogP contribution is -2.46. The van der Waals surface area contributed by atoms with Gasteiger partial charge < -0.3 is 26.0 Å². The minimum absolute atomic E-state index is 0.0507. The molecule has 0 aromatic heterocycles. The summed E-state index contributed by atoms with van der Waals surface area (Å²) in [5.74, 6) is -1.04. The first-order valence-corrected chi connectivity index (χ1v) is 6.09. The fourth-order valence-electron chi connectivity index (χ4n) is 2.00. The Bertz CT molecular complexity index is 289. The van der Waals surface area contributed by atoms with Crippen LogP contribution in [0.1, 0.15) is 25.7 Å². The number of hydrogen-bond donors (Lipinski definition) is 5. The number of hydrogen-bond acceptors (Lipinski definition) is 4. The maximum atomic E-state index is 11.4. The van der Waals surface area contributed by atoms with E-state index in [2.05, 4.69) is 10.6 Å². The summed E-state index contributed by atoms with van der Waals surface area (Å²) in [5.41, 5.74) is 0. The molecule has 0 heterocycles. The lowest BCUT2D eigenvalue weighted by molar-refractivity contribution is -0.146. The summed E-state index contributed by atoms with van der Waals surface area (Å²) in [7, 11) is 0. The van der Waals surface area contributed by atoms with Crippen molar-refractivity contribution in [1.29, 1.82) is 0 Å². The number of urea groups is 1. The molecule has 1 fully saturated rings. The topological polar surface area (TPSA) is 119 Å². The molecule has 0 aliphatic heterocycles. The quantitative estimate of drug-likeness (QED) is 0.447. The summed E-state index contributed by atoms with van der Waals surface area (Å²) in [4.78, 5) is 21.7. The van der Waals surface area contributed by atoms with Gasteiger partial charge in [-0.25, -0.2) is 9.59 Å².